The van der Waals surface area contributed by atoms with Gasteiger partial charge in [0.1, 0.15) is 5.75 Å². The first-order valence-electron chi connectivity index (χ1n) is 7.84. The monoisotopic (exact) mass is 292 g/mol. The number of hydrogen-bond donors (Lipinski definition) is 1. The van der Waals surface area contributed by atoms with E-state index < -0.39 is 0 Å². The molecule has 0 amide bonds. The molecule has 1 fully saturated rings. The van der Waals surface area contributed by atoms with Crippen molar-refractivity contribution in [2.24, 2.45) is 0 Å². The van der Waals surface area contributed by atoms with E-state index in [4.69, 9.17) is 9.47 Å². The minimum absolute atomic E-state index is 0.305. The minimum Gasteiger partial charge on any atom is -0.496 e. The average Bonchev–Trinajstić information content (AvgIpc) is 2.48. The Morgan fingerprint density at radius 1 is 1.43 bits per heavy atom. The van der Waals surface area contributed by atoms with Crippen LogP contribution in [0.25, 0.3) is 0 Å². The molecule has 21 heavy (non-hydrogen) atoms. The molecule has 0 radical (unpaired) electrons. The molecule has 1 saturated heterocycles. The highest BCUT2D eigenvalue weighted by Gasteiger charge is 2.26. The van der Waals surface area contributed by atoms with Gasteiger partial charge in [0.15, 0.2) is 0 Å². The molecule has 4 heteroatoms. The van der Waals surface area contributed by atoms with Crippen molar-refractivity contribution in [2.45, 2.75) is 45.5 Å². The van der Waals surface area contributed by atoms with Crippen LogP contribution in [0.3, 0.4) is 0 Å². The maximum Gasteiger partial charge on any atom is 0.123 e. The summed E-state index contributed by atoms with van der Waals surface area (Å²) in [7, 11) is 3.72. The van der Waals surface area contributed by atoms with Gasteiger partial charge in [0.05, 0.1) is 19.8 Å². The number of nitrogens with zero attached hydrogens (tertiary/aromatic N) is 1. The molecule has 118 valence electrons. The molecule has 0 spiro atoms. The normalized spacial score (nSPS) is 23.2. The van der Waals surface area contributed by atoms with Crippen molar-refractivity contribution < 1.29 is 9.47 Å². The second-order valence-electron chi connectivity index (χ2n) is 5.81. The quantitative estimate of drug-likeness (QED) is 0.873. The Morgan fingerprint density at radius 2 is 2.24 bits per heavy atom. The van der Waals surface area contributed by atoms with Gasteiger partial charge in [-0.3, -0.25) is 4.90 Å². The summed E-state index contributed by atoms with van der Waals surface area (Å²) in [5.74, 6) is 0.976. The maximum atomic E-state index is 5.79. The number of benzene rings is 1. The van der Waals surface area contributed by atoms with Crippen LogP contribution in [0.15, 0.2) is 18.2 Å². The summed E-state index contributed by atoms with van der Waals surface area (Å²) < 4.78 is 11.3. The van der Waals surface area contributed by atoms with E-state index in [-0.39, 0.29) is 0 Å². The van der Waals surface area contributed by atoms with Gasteiger partial charge in [0.2, 0.25) is 0 Å². The van der Waals surface area contributed by atoms with Crippen LogP contribution in [0.2, 0.25) is 0 Å². The molecule has 0 bridgehead atoms. The van der Waals surface area contributed by atoms with Crippen molar-refractivity contribution >= 4 is 0 Å². The number of rotatable bonds is 6. The molecule has 0 saturated carbocycles. The maximum absolute atomic E-state index is 5.79. The van der Waals surface area contributed by atoms with E-state index in [1.54, 1.807) is 7.11 Å². The van der Waals surface area contributed by atoms with Crippen LogP contribution in [0.4, 0.5) is 0 Å². The van der Waals surface area contributed by atoms with Crippen molar-refractivity contribution in [2.75, 3.05) is 27.3 Å². The highest BCUT2D eigenvalue weighted by Crippen LogP contribution is 2.25. The first kappa shape index (κ1) is 16.3. The Kier molecular flexibility index (Phi) is 6.03. The molecular weight excluding hydrogens is 264 g/mol. The number of morpholine rings is 1. The Morgan fingerprint density at radius 3 is 2.90 bits per heavy atom. The summed E-state index contributed by atoms with van der Waals surface area (Å²) in [5, 5.41) is 3.20. The molecule has 2 rings (SSSR count). The van der Waals surface area contributed by atoms with Gasteiger partial charge in [0, 0.05) is 31.2 Å². The summed E-state index contributed by atoms with van der Waals surface area (Å²) in [6, 6.07) is 6.95. The lowest BCUT2D eigenvalue weighted by atomic mass is 10.1. The van der Waals surface area contributed by atoms with Crippen molar-refractivity contribution in [1.82, 2.24) is 10.2 Å². The molecule has 1 heterocycles. The van der Waals surface area contributed by atoms with Gasteiger partial charge in [-0.25, -0.2) is 0 Å². The fraction of sp³-hybridized carbons (Fsp3) is 0.647. The van der Waals surface area contributed by atoms with Crippen LogP contribution in [0, 0.1) is 0 Å². The first-order valence-corrected chi connectivity index (χ1v) is 7.84. The molecule has 0 aliphatic carbocycles. The average molecular weight is 292 g/mol. The molecule has 1 aromatic rings. The van der Waals surface area contributed by atoms with Crippen LogP contribution in [0.5, 0.6) is 5.75 Å². The van der Waals surface area contributed by atoms with Crippen LogP contribution in [-0.2, 0) is 17.8 Å². The van der Waals surface area contributed by atoms with E-state index in [1.807, 2.05) is 7.05 Å². The lowest BCUT2D eigenvalue weighted by Gasteiger charge is -2.38. The molecular formula is C17H28N2O2. The topological polar surface area (TPSA) is 33.7 Å². The SMILES string of the molecule is CCC1COC(C)CN1Cc1cc(CNC)ccc1OC. The third-order valence-electron chi connectivity index (χ3n) is 4.15. The van der Waals surface area contributed by atoms with E-state index in [0.717, 1.165) is 38.4 Å². The fourth-order valence-electron chi connectivity index (χ4n) is 2.97. The van der Waals surface area contributed by atoms with Crippen molar-refractivity contribution in [1.29, 1.82) is 0 Å². The zero-order chi connectivity index (χ0) is 15.2. The Bertz CT molecular complexity index is 450. The number of ether oxygens (including phenoxy) is 2. The third-order valence-corrected chi connectivity index (χ3v) is 4.15. The standard InChI is InChI=1S/C17H28N2O2/c1-5-16-12-21-13(2)10-19(16)11-15-8-14(9-18-3)6-7-17(15)20-4/h6-8,13,16,18H,5,9-12H2,1-4H3. The predicted molar refractivity (Wildman–Crippen MR) is 85.7 cm³/mol. The van der Waals surface area contributed by atoms with Gasteiger partial charge >= 0.3 is 0 Å². The second-order valence-corrected chi connectivity index (χ2v) is 5.81. The summed E-state index contributed by atoms with van der Waals surface area (Å²) in [4.78, 5) is 2.52. The number of nitrogens with one attached hydrogen (secondary N) is 1. The first-order chi connectivity index (χ1) is 10.2. The Labute approximate surface area is 128 Å². The number of hydrogen-bond acceptors (Lipinski definition) is 4. The van der Waals surface area contributed by atoms with E-state index in [0.29, 0.717) is 12.1 Å². The van der Waals surface area contributed by atoms with E-state index in [9.17, 15) is 0 Å². The third kappa shape index (κ3) is 4.19. The lowest BCUT2D eigenvalue weighted by Crippen LogP contribution is -2.47. The summed E-state index contributed by atoms with van der Waals surface area (Å²) in [6.07, 6.45) is 1.42. The van der Waals surface area contributed by atoms with Gasteiger partial charge in [-0.15, -0.1) is 0 Å². The van der Waals surface area contributed by atoms with E-state index in [1.165, 1.54) is 11.1 Å². The van der Waals surface area contributed by atoms with Crippen LogP contribution in [-0.4, -0.2) is 44.4 Å². The summed E-state index contributed by atoms with van der Waals surface area (Å²) >= 11 is 0. The van der Waals surface area contributed by atoms with Gasteiger partial charge in [-0.1, -0.05) is 13.0 Å². The van der Waals surface area contributed by atoms with Crippen LogP contribution in [0.1, 0.15) is 31.4 Å². The van der Waals surface area contributed by atoms with Crippen molar-refractivity contribution in [3.8, 4) is 5.75 Å². The van der Waals surface area contributed by atoms with Gasteiger partial charge in [-0.05, 0) is 38.1 Å². The van der Waals surface area contributed by atoms with Gasteiger partial charge < -0.3 is 14.8 Å². The molecule has 1 aliphatic heterocycles. The highest BCUT2D eigenvalue weighted by atomic mass is 16.5. The highest BCUT2D eigenvalue weighted by molar-refractivity contribution is 5.37. The van der Waals surface area contributed by atoms with E-state index in [2.05, 4.69) is 42.3 Å². The molecule has 1 aliphatic rings. The van der Waals surface area contributed by atoms with Crippen LogP contribution >= 0.6 is 0 Å². The predicted octanol–water partition coefficient (Wildman–Crippen LogP) is 2.41. The molecule has 1 aromatic carbocycles. The molecule has 2 unspecified atom stereocenters. The smallest absolute Gasteiger partial charge is 0.123 e. The molecule has 0 aromatic heterocycles. The van der Waals surface area contributed by atoms with E-state index >= 15 is 0 Å². The van der Waals surface area contributed by atoms with Crippen molar-refractivity contribution in [3.05, 3.63) is 29.3 Å². The van der Waals surface area contributed by atoms with Crippen LogP contribution < -0.4 is 10.1 Å². The molecule has 1 N–H and O–H groups in total. The van der Waals surface area contributed by atoms with Gasteiger partial charge in [0.25, 0.3) is 0 Å². The second kappa shape index (κ2) is 7.78. The zero-order valence-corrected chi connectivity index (χ0v) is 13.7. The molecule has 2 atom stereocenters. The zero-order valence-electron chi connectivity index (χ0n) is 13.7. The largest absolute Gasteiger partial charge is 0.496 e. The Balaban J connectivity index is 2.17. The lowest BCUT2D eigenvalue weighted by molar-refractivity contribution is -0.0593. The van der Waals surface area contributed by atoms with Crippen molar-refractivity contribution in [3.63, 3.8) is 0 Å². The minimum atomic E-state index is 0.305. The fourth-order valence-corrected chi connectivity index (χ4v) is 2.97. The summed E-state index contributed by atoms with van der Waals surface area (Å²) in [6.45, 7) is 7.99. The number of methoxy groups -OCH3 is 1. The van der Waals surface area contributed by atoms with Gasteiger partial charge in [-0.2, -0.15) is 0 Å². The summed E-state index contributed by atoms with van der Waals surface area (Å²) in [5.41, 5.74) is 2.56. The Hall–Kier alpha value is -1.10. The molecule has 4 nitrogen and oxygen atoms in total.